The average molecular weight is 364 g/mol. The molecule has 0 aliphatic rings. The predicted octanol–water partition coefficient (Wildman–Crippen LogP) is -4.76. The van der Waals surface area contributed by atoms with Crippen molar-refractivity contribution < 1.29 is 39.6 Å². The van der Waals surface area contributed by atoms with E-state index in [-0.39, 0.29) is 0 Å². The molecule has 0 heterocycles. The first-order valence-corrected chi connectivity index (χ1v) is 7.34. The van der Waals surface area contributed by atoms with Crippen LogP contribution in [-0.4, -0.2) is 87.6 Å². The molecule has 12 heteroatoms. The summed E-state index contributed by atoms with van der Waals surface area (Å²) in [5.41, 5.74) is 5.39. The lowest BCUT2D eigenvalue weighted by Crippen LogP contribution is -2.59. The van der Waals surface area contributed by atoms with Gasteiger partial charge in [-0.15, -0.1) is 0 Å². The zero-order valence-electron chi connectivity index (χ0n) is 13.8. The molecule has 3 amide bonds. The Morgan fingerprint density at radius 2 is 1.28 bits per heavy atom. The largest absolute Gasteiger partial charge is 0.480 e. The molecule has 0 aliphatic heterocycles. The molecule has 25 heavy (non-hydrogen) atoms. The summed E-state index contributed by atoms with van der Waals surface area (Å²) in [7, 11) is 0. The summed E-state index contributed by atoms with van der Waals surface area (Å²) in [5.74, 6) is -4.20. The van der Waals surface area contributed by atoms with Crippen molar-refractivity contribution in [3.05, 3.63) is 0 Å². The number of carboxylic acid groups (broad SMARTS) is 1. The third-order valence-electron chi connectivity index (χ3n) is 3.18. The van der Waals surface area contributed by atoms with Gasteiger partial charge in [-0.25, -0.2) is 0 Å². The number of carbonyl (C=O) groups is 4. The van der Waals surface area contributed by atoms with Crippen molar-refractivity contribution in [2.75, 3.05) is 13.2 Å². The fourth-order valence-electron chi connectivity index (χ4n) is 1.52. The second-order valence-electron chi connectivity index (χ2n) is 5.32. The van der Waals surface area contributed by atoms with Crippen molar-refractivity contribution in [1.82, 2.24) is 16.0 Å². The van der Waals surface area contributed by atoms with Gasteiger partial charge in [0.15, 0.2) is 0 Å². The number of aliphatic hydroxyl groups is 3. The summed E-state index contributed by atoms with van der Waals surface area (Å²) in [5, 5.41) is 42.5. The van der Waals surface area contributed by atoms with E-state index in [4.69, 9.17) is 15.9 Å². The maximum absolute atomic E-state index is 12.0. The first kappa shape index (κ1) is 22.7. The molecule has 0 fully saturated rings. The molecule has 0 aromatic rings. The monoisotopic (exact) mass is 364 g/mol. The van der Waals surface area contributed by atoms with E-state index >= 15 is 0 Å². The van der Waals surface area contributed by atoms with Crippen LogP contribution >= 0.6 is 0 Å². The molecular weight excluding hydrogens is 340 g/mol. The smallest absolute Gasteiger partial charge is 0.325 e. The summed E-state index contributed by atoms with van der Waals surface area (Å²) in [4.78, 5) is 46.2. The van der Waals surface area contributed by atoms with E-state index in [0.717, 1.165) is 0 Å². The second-order valence-corrected chi connectivity index (χ2v) is 5.32. The van der Waals surface area contributed by atoms with Gasteiger partial charge in [0.05, 0.1) is 19.3 Å². The van der Waals surface area contributed by atoms with Crippen LogP contribution in [0, 0.1) is 0 Å². The number of hydrogen-bond acceptors (Lipinski definition) is 8. The Bertz CT molecular complexity index is 498. The normalized spacial score (nSPS) is 16.7. The van der Waals surface area contributed by atoms with Gasteiger partial charge in [-0.3, -0.25) is 19.2 Å². The minimum absolute atomic E-state index is 0.838. The van der Waals surface area contributed by atoms with Crippen LogP contribution in [0.3, 0.4) is 0 Å². The summed E-state index contributed by atoms with van der Waals surface area (Å²) >= 11 is 0. The SMILES string of the molecule is CC(NC(=O)C(CO)NC(=O)C(CO)NC(=O)C(N)C(C)O)C(=O)O. The van der Waals surface area contributed by atoms with Gasteiger partial charge < -0.3 is 42.1 Å². The van der Waals surface area contributed by atoms with Crippen LogP contribution in [0.25, 0.3) is 0 Å². The zero-order chi connectivity index (χ0) is 19.7. The van der Waals surface area contributed by atoms with Crippen molar-refractivity contribution in [3.8, 4) is 0 Å². The minimum atomic E-state index is -1.49. The molecule has 0 saturated carbocycles. The molecular formula is C13H24N4O8. The second kappa shape index (κ2) is 10.6. The van der Waals surface area contributed by atoms with Gasteiger partial charge >= 0.3 is 5.97 Å². The van der Waals surface area contributed by atoms with Gasteiger partial charge in [0, 0.05) is 0 Å². The highest BCUT2D eigenvalue weighted by atomic mass is 16.4. The third kappa shape index (κ3) is 7.43. The van der Waals surface area contributed by atoms with Crippen molar-refractivity contribution >= 4 is 23.7 Å². The van der Waals surface area contributed by atoms with Crippen LogP contribution in [0.2, 0.25) is 0 Å². The molecule has 0 aromatic heterocycles. The van der Waals surface area contributed by atoms with Gasteiger partial charge in [0.2, 0.25) is 17.7 Å². The predicted molar refractivity (Wildman–Crippen MR) is 82.9 cm³/mol. The Hall–Kier alpha value is -2.28. The standard InChI is InChI=1S/C13H24N4O8/c1-5(13(24)25)15-10(21)7(3-18)16-11(22)8(4-19)17-12(23)9(14)6(2)20/h5-9,18-20H,3-4,14H2,1-2H3,(H,15,21)(H,16,22)(H,17,23)(H,24,25). The zero-order valence-corrected chi connectivity index (χ0v) is 13.8. The molecule has 0 aromatic carbocycles. The van der Waals surface area contributed by atoms with Crippen LogP contribution in [0.5, 0.6) is 0 Å². The van der Waals surface area contributed by atoms with Gasteiger partial charge in [0.25, 0.3) is 0 Å². The van der Waals surface area contributed by atoms with Crippen molar-refractivity contribution in [2.24, 2.45) is 5.73 Å². The minimum Gasteiger partial charge on any atom is -0.480 e. The number of rotatable bonds is 10. The highest BCUT2D eigenvalue weighted by Crippen LogP contribution is 1.94. The molecule has 0 bridgehead atoms. The van der Waals surface area contributed by atoms with Crippen LogP contribution < -0.4 is 21.7 Å². The number of hydrogen-bond donors (Lipinski definition) is 8. The third-order valence-corrected chi connectivity index (χ3v) is 3.18. The Balaban J connectivity index is 4.84. The molecule has 12 nitrogen and oxygen atoms in total. The quantitative estimate of drug-likeness (QED) is 0.187. The van der Waals surface area contributed by atoms with E-state index in [9.17, 15) is 29.4 Å². The van der Waals surface area contributed by atoms with E-state index in [0.29, 0.717) is 0 Å². The van der Waals surface area contributed by atoms with Crippen LogP contribution in [0.1, 0.15) is 13.8 Å². The van der Waals surface area contributed by atoms with Gasteiger partial charge in [-0.05, 0) is 13.8 Å². The number of amides is 3. The fraction of sp³-hybridized carbons (Fsp3) is 0.692. The molecule has 9 N–H and O–H groups in total. The molecule has 5 unspecified atom stereocenters. The molecule has 0 radical (unpaired) electrons. The van der Waals surface area contributed by atoms with Crippen molar-refractivity contribution in [2.45, 2.75) is 44.1 Å². The number of aliphatic hydroxyl groups excluding tert-OH is 3. The average Bonchev–Trinajstić information content (AvgIpc) is 2.55. The summed E-state index contributed by atoms with van der Waals surface area (Å²) in [6, 6.07) is -5.58. The van der Waals surface area contributed by atoms with Crippen molar-refractivity contribution in [1.29, 1.82) is 0 Å². The fourth-order valence-corrected chi connectivity index (χ4v) is 1.52. The first-order chi connectivity index (χ1) is 11.5. The van der Waals surface area contributed by atoms with E-state index < -0.39 is 67.2 Å². The molecule has 0 saturated heterocycles. The van der Waals surface area contributed by atoms with Gasteiger partial charge in [0.1, 0.15) is 24.2 Å². The van der Waals surface area contributed by atoms with E-state index in [1.54, 1.807) is 0 Å². The molecule has 5 atom stereocenters. The Morgan fingerprint density at radius 3 is 1.64 bits per heavy atom. The summed E-state index contributed by atoms with van der Waals surface area (Å²) in [6.45, 7) is 0.761. The first-order valence-electron chi connectivity index (χ1n) is 7.34. The Morgan fingerprint density at radius 1 is 0.880 bits per heavy atom. The molecule has 144 valence electrons. The lowest BCUT2D eigenvalue weighted by atomic mass is 10.1. The van der Waals surface area contributed by atoms with Crippen LogP contribution in [-0.2, 0) is 19.2 Å². The van der Waals surface area contributed by atoms with E-state index in [1.807, 2.05) is 0 Å². The lowest BCUT2D eigenvalue weighted by molar-refractivity contribution is -0.142. The maximum atomic E-state index is 12.0. The summed E-state index contributed by atoms with van der Waals surface area (Å²) in [6.07, 6.45) is -1.20. The van der Waals surface area contributed by atoms with E-state index in [2.05, 4.69) is 16.0 Å². The van der Waals surface area contributed by atoms with Crippen LogP contribution in [0.4, 0.5) is 0 Å². The highest BCUT2D eigenvalue weighted by Gasteiger charge is 2.29. The van der Waals surface area contributed by atoms with Gasteiger partial charge in [-0.2, -0.15) is 0 Å². The lowest BCUT2D eigenvalue weighted by Gasteiger charge is -2.23. The highest BCUT2D eigenvalue weighted by molar-refractivity contribution is 5.94. The summed E-state index contributed by atoms with van der Waals surface area (Å²) < 4.78 is 0. The number of nitrogens with one attached hydrogen (secondary N) is 3. The number of nitrogens with two attached hydrogens (primary N) is 1. The number of carbonyl (C=O) groups excluding carboxylic acids is 3. The van der Waals surface area contributed by atoms with Crippen molar-refractivity contribution in [3.63, 3.8) is 0 Å². The van der Waals surface area contributed by atoms with Gasteiger partial charge in [-0.1, -0.05) is 0 Å². The molecule has 0 rings (SSSR count). The van der Waals surface area contributed by atoms with E-state index in [1.165, 1.54) is 13.8 Å². The maximum Gasteiger partial charge on any atom is 0.325 e. The Kier molecular flexibility index (Phi) is 9.59. The Labute approximate surface area is 143 Å². The number of carboxylic acids is 1. The molecule has 0 spiro atoms. The number of aliphatic carboxylic acids is 1. The van der Waals surface area contributed by atoms with Crippen LogP contribution in [0.15, 0.2) is 0 Å². The topological polar surface area (TPSA) is 211 Å². The molecule has 0 aliphatic carbocycles.